The molecule has 1 heterocycles. The minimum absolute atomic E-state index is 0.499. The molecule has 0 atom stereocenters. The first-order chi connectivity index (χ1) is 7.36. The van der Waals surface area contributed by atoms with Gasteiger partial charge in [0, 0.05) is 31.1 Å². The van der Waals surface area contributed by atoms with E-state index in [1.165, 1.54) is 0 Å². The first-order valence-electron chi connectivity index (χ1n) is 5.45. The summed E-state index contributed by atoms with van der Waals surface area (Å²) in [5.74, 6) is 0.746. The molecule has 0 amide bonds. The van der Waals surface area contributed by atoms with Crippen molar-refractivity contribution in [2.75, 3.05) is 13.2 Å². The second-order valence-corrected chi connectivity index (χ2v) is 3.32. The molecule has 1 aromatic rings. The molecule has 15 heavy (non-hydrogen) atoms. The summed E-state index contributed by atoms with van der Waals surface area (Å²) in [5.41, 5.74) is 1.11. The van der Waals surface area contributed by atoms with Crippen LogP contribution in [0.15, 0.2) is 12.4 Å². The number of ether oxygens (including phenoxy) is 1. The van der Waals surface area contributed by atoms with Crippen LogP contribution < -0.4 is 5.32 Å². The Labute approximate surface area is 91.1 Å². The van der Waals surface area contributed by atoms with Crippen LogP contribution in [0, 0.1) is 0 Å². The van der Waals surface area contributed by atoms with Gasteiger partial charge in [0.25, 0.3) is 0 Å². The summed E-state index contributed by atoms with van der Waals surface area (Å²) < 4.78 is 5.22. The van der Waals surface area contributed by atoms with Crippen LogP contribution in [0.25, 0.3) is 0 Å². The highest BCUT2D eigenvalue weighted by Gasteiger charge is 1.97. The predicted octanol–water partition coefficient (Wildman–Crippen LogP) is 1.51. The van der Waals surface area contributed by atoms with Gasteiger partial charge < -0.3 is 10.1 Å². The minimum Gasteiger partial charge on any atom is -0.374 e. The zero-order valence-electron chi connectivity index (χ0n) is 9.49. The lowest BCUT2D eigenvalue weighted by molar-refractivity contribution is 0.128. The van der Waals surface area contributed by atoms with Crippen molar-refractivity contribution >= 4 is 0 Å². The fourth-order valence-electron chi connectivity index (χ4n) is 1.15. The van der Waals surface area contributed by atoms with E-state index >= 15 is 0 Å². The lowest BCUT2D eigenvalue weighted by Crippen LogP contribution is -2.14. The van der Waals surface area contributed by atoms with E-state index in [4.69, 9.17) is 4.74 Å². The SMILES string of the molecule is CCCNCc1cnc(COCC)nc1. The molecule has 0 radical (unpaired) electrons. The van der Waals surface area contributed by atoms with Crippen molar-refractivity contribution < 1.29 is 4.74 Å². The van der Waals surface area contributed by atoms with E-state index in [0.717, 1.165) is 30.9 Å². The van der Waals surface area contributed by atoms with Gasteiger partial charge in [-0.1, -0.05) is 6.92 Å². The Hall–Kier alpha value is -1.00. The monoisotopic (exact) mass is 209 g/mol. The molecule has 0 fully saturated rings. The second kappa shape index (κ2) is 7.31. The highest BCUT2D eigenvalue weighted by Crippen LogP contribution is 1.97. The summed E-state index contributed by atoms with van der Waals surface area (Å²) in [6, 6.07) is 0. The fourth-order valence-corrected chi connectivity index (χ4v) is 1.15. The quantitative estimate of drug-likeness (QED) is 0.691. The summed E-state index contributed by atoms with van der Waals surface area (Å²) in [6.45, 7) is 7.17. The van der Waals surface area contributed by atoms with Gasteiger partial charge in [-0.05, 0) is 19.9 Å². The number of hydrogen-bond donors (Lipinski definition) is 1. The van der Waals surface area contributed by atoms with Gasteiger partial charge in [0.2, 0.25) is 0 Å². The number of aromatic nitrogens is 2. The highest BCUT2D eigenvalue weighted by atomic mass is 16.5. The molecule has 4 heteroatoms. The van der Waals surface area contributed by atoms with Crippen LogP contribution in [0.5, 0.6) is 0 Å². The lowest BCUT2D eigenvalue weighted by atomic mass is 10.3. The van der Waals surface area contributed by atoms with Crippen LogP contribution in [0.4, 0.5) is 0 Å². The molecule has 0 aromatic carbocycles. The summed E-state index contributed by atoms with van der Waals surface area (Å²) in [4.78, 5) is 8.44. The van der Waals surface area contributed by atoms with Gasteiger partial charge in [-0.25, -0.2) is 9.97 Å². The fraction of sp³-hybridized carbons (Fsp3) is 0.636. The van der Waals surface area contributed by atoms with Gasteiger partial charge in [-0.3, -0.25) is 0 Å². The zero-order valence-corrected chi connectivity index (χ0v) is 9.49. The smallest absolute Gasteiger partial charge is 0.153 e. The van der Waals surface area contributed by atoms with Gasteiger partial charge in [0.05, 0.1) is 0 Å². The summed E-state index contributed by atoms with van der Waals surface area (Å²) >= 11 is 0. The molecule has 0 saturated carbocycles. The van der Waals surface area contributed by atoms with Crippen LogP contribution in [-0.4, -0.2) is 23.1 Å². The Balaban J connectivity index is 2.35. The average molecular weight is 209 g/mol. The molecule has 0 aliphatic carbocycles. The van der Waals surface area contributed by atoms with Crippen LogP contribution in [0.2, 0.25) is 0 Å². The van der Waals surface area contributed by atoms with Crippen LogP contribution >= 0.6 is 0 Å². The minimum atomic E-state index is 0.499. The number of rotatable bonds is 7. The Kier molecular flexibility index (Phi) is 5.88. The van der Waals surface area contributed by atoms with E-state index in [0.29, 0.717) is 13.2 Å². The van der Waals surface area contributed by atoms with Gasteiger partial charge in [0.1, 0.15) is 6.61 Å². The number of nitrogens with zero attached hydrogens (tertiary/aromatic N) is 2. The van der Waals surface area contributed by atoms with E-state index in [9.17, 15) is 0 Å². The third-order valence-electron chi connectivity index (χ3n) is 1.95. The summed E-state index contributed by atoms with van der Waals surface area (Å²) in [7, 11) is 0. The Morgan fingerprint density at radius 2 is 2.00 bits per heavy atom. The van der Waals surface area contributed by atoms with Gasteiger partial charge >= 0.3 is 0 Å². The molecular weight excluding hydrogens is 190 g/mol. The van der Waals surface area contributed by atoms with Crippen molar-refractivity contribution in [3.63, 3.8) is 0 Å². The zero-order chi connectivity index (χ0) is 10.9. The molecule has 1 N–H and O–H groups in total. The average Bonchev–Trinajstić information content (AvgIpc) is 2.28. The second-order valence-electron chi connectivity index (χ2n) is 3.32. The molecule has 0 bridgehead atoms. The van der Waals surface area contributed by atoms with Crippen LogP contribution in [-0.2, 0) is 17.9 Å². The molecule has 0 saturated heterocycles. The maximum Gasteiger partial charge on any atom is 0.153 e. The van der Waals surface area contributed by atoms with Crippen molar-refractivity contribution in [2.24, 2.45) is 0 Å². The third-order valence-corrected chi connectivity index (χ3v) is 1.95. The van der Waals surface area contributed by atoms with E-state index in [1.54, 1.807) is 0 Å². The first kappa shape index (κ1) is 12.1. The summed E-state index contributed by atoms with van der Waals surface area (Å²) in [5, 5.41) is 3.30. The molecule has 1 aromatic heterocycles. The van der Waals surface area contributed by atoms with Crippen molar-refractivity contribution in [2.45, 2.75) is 33.4 Å². The molecule has 84 valence electrons. The molecule has 0 unspecified atom stereocenters. The highest BCUT2D eigenvalue weighted by molar-refractivity contribution is 5.04. The van der Waals surface area contributed by atoms with Crippen molar-refractivity contribution in [1.29, 1.82) is 0 Å². The van der Waals surface area contributed by atoms with Crippen LogP contribution in [0.1, 0.15) is 31.7 Å². The summed E-state index contributed by atoms with van der Waals surface area (Å²) in [6.07, 6.45) is 4.84. The normalized spacial score (nSPS) is 10.5. The van der Waals surface area contributed by atoms with E-state index in [-0.39, 0.29) is 0 Å². The Bertz CT molecular complexity index is 261. The van der Waals surface area contributed by atoms with Gasteiger partial charge in [-0.2, -0.15) is 0 Å². The molecule has 0 aliphatic rings. The maximum absolute atomic E-state index is 5.22. The van der Waals surface area contributed by atoms with Crippen molar-refractivity contribution in [3.8, 4) is 0 Å². The molecule has 0 spiro atoms. The van der Waals surface area contributed by atoms with E-state index in [2.05, 4.69) is 22.2 Å². The largest absolute Gasteiger partial charge is 0.374 e. The van der Waals surface area contributed by atoms with Crippen molar-refractivity contribution in [1.82, 2.24) is 15.3 Å². The van der Waals surface area contributed by atoms with Crippen LogP contribution in [0.3, 0.4) is 0 Å². The third kappa shape index (κ3) is 4.85. The number of nitrogens with one attached hydrogen (secondary N) is 1. The van der Waals surface area contributed by atoms with E-state index in [1.807, 2.05) is 19.3 Å². The Morgan fingerprint density at radius 3 is 2.60 bits per heavy atom. The molecule has 0 aliphatic heterocycles. The van der Waals surface area contributed by atoms with Gasteiger partial charge in [0.15, 0.2) is 5.82 Å². The van der Waals surface area contributed by atoms with E-state index < -0.39 is 0 Å². The standard InChI is InChI=1S/C11H19N3O/c1-3-5-12-6-10-7-13-11(14-8-10)9-15-4-2/h7-8,12H,3-6,9H2,1-2H3. The maximum atomic E-state index is 5.22. The predicted molar refractivity (Wildman–Crippen MR) is 59.4 cm³/mol. The van der Waals surface area contributed by atoms with Gasteiger partial charge in [-0.15, -0.1) is 0 Å². The molecule has 4 nitrogen and oxygen atoms in total. The number of hydrogen-bond acceptors (Lipinski definition) is 4. The first-order valence-corrected chi connectivity index (χ1v) is 5.45. The molecular formula is C11H19N3O. The topological polar surface area (TPSA) is 47.0 Å². The Morgan fingerprint density at radius 1 is 1.27 bits per heavy atom. The van der Waals surface area contributed by atoms with Crippen molar-refractivity contribution in [3.05, 3.63) is 23.8 Å². The molecule has 1 rings (SSSR count). The lowest BCUT2D eigenvalue weighted by Gasteiger charge is -2.03.